The first-order valence-electron chi connectivity index (χ1n) is 10.4. The van der Waals surface area contributed by atoms with Gasteiger partial charge in [-0.1, -0.05) is 54.6 Å². The van der Waals surface area contributed by atoms with Crippen molar-refractivity contribution in [2.24, 2.45) is 11.8 Å². The van der Waals surface area contributed by atoms with E-state index in [0.29, 0.717) is 11.7 Å². The SMILES string of the molecule is C=C(CCCC1C(=C)C2=C(CCC(C)=C2)C1=O)C1CCc2ccccc2C1. The van der Waals surface area contributed by atoms with Crippen molar-refractivity contribution in [3.63, 3.8) is 0 Å². The van der Waals surface area contributed by atoms with Crippen molar-refractivity contribution in [1.82, 2.24) is 0 Å². The summed E-state index contributed by atoms with van der Waals surface area (Å²) in [5.74, 6) is 0.951. The highest BCUT2D eigenvalue weighted by Gasteiger charge is 2.35. The number of hydrogen-bond acceptors (Lipinski definition) is 1. The van der Waals surface area contributed by atoms with Crippen LogP contribution in [-0.4, -0.2) is 5.78 Å². The van der Waals surface area contributed by atoms with E-state index in [4.69, 9.17) is 0 Å². The molecule has 0 amide bonds. The Morgan fingerprint density at radius 3 is 2.74 bits per heavy atom. The molecule has 0 aliphatic heterocycles. The second kappa shape index (κ2) is 7.46. The van der Waals surface area contributed by atoms with Gasteiger partial charge in [0, 0.05) is 11.5 Å². The highest BCUT2D eigenvalue weighted by atomic mass is 16.1. The number of Topliss-reactive ketones (excluding diaryl/α,β-unsaturated/α-hetero) is 1. The maximum absolute atomic E-state index is 12.8. The van der Waals surface area contributed by atoms with E-state index in [1.165, 1.54) is 35.1 Å². The molecule has 27 heavy (non-hydrogen) atoms. The standard InChI is InChI=1S/C26H30O/c1-17-11-14-24-25(15-17)19(3)23(26(24)27)10-6-7-18(2)21-13-12-20-8-4-5-9-22(20)16-21/h4-5,8-9,15,21,23H,2-3,6-7,10-14,16H2,1H3. The lowest BCUT2D eigenvalue weighted by Gasteiger charge is -2.26. The molecule has 4 rings (SSSR count). The fraction of sp³-hybridized carbons (Fsp3) is 0.423. The number of carbonyl (C=O) groups excluding carboxylic acids is 1. The normalized spacial score (nSPS) is 24.6. The van der Waals surface area contributed by atoms with E-state index in [0.717, 1.165) is 55.2 Å². The Balaban J connectivity index is 1.31. The van der Waals surface area contributed by atoms with Gasteiger partial charge >= 0.3 is 0 Å². The molecule has 1 aromatic rings. The molecule has 0 N–H and O–H groups in total. The van der Waals surface area contributed by atoms with Crippen LogP contribution in [0.2, 0.25) is 0 Å². The molecular formula is C26H30O. The molecule has 0 bridgehead atoms. The summed E-state index contributed by atoms with van der Waals surface area (Å²) < 4.78 is 0. The third kappa shape index (κ3) is 3.52. The minimum atomic E-state index is 0.0111. The second-order valence-corrected chi connectivity index (χ2v) is 8.58. The van der Waals surface area contributed by atoms with Gasteiger partial charge in [0.05, 0.1) is 0 Å². The van der Waals surface area contributed by atoms with Gasteiger partial charge in [0.25, 0.3) is 0 Å². The fourth-order valence-corrected chi connectivity index (χ4v) is 5.05. The van der Waals surface area contributed by atoms with E-state index >= 15 is 0 Å². The van der Waals surface area contributed by atoms with Gasteiger partial charge in [0.1, 0.15) is 0 Å². The molecule has 2 atom stereocenters. The molecule has 0 radical (unpaired) electrons. The van der Waals surface area contributed by atoms with E-state index in [-0.39, 0.29) is 5.92 Å². The fourth-order valence-electron chi connectivity index (χ4n) is 5.05. The molecule has 0 spiro atoms. The zero-order valence-electron chi connectivity index (χ0n) is 16.5. The van der Waals surface area contributed by atoms with Crippen molar-refractivity contribution in [1.29, 1.82) is 0 Å². The van der Waals surface area contributed by atoms with E-state index in [2.05, 4.69) is 50.4 Å². The molecule has 0 aromatic heterocycles. The molecule has 0 fully saturated rings. The van der Waals surface area contributed by atoms with Crippen LogP contribution < -0.4 is 0 Å². The first-order chi connectivity index (χ1) is 13.0. The van der Waals surface area contributed by atoms with Crippen molar-refractivity contribution < 1.29 is 4.79 Å². The summed E-state index contributed by atoms with van der Waals surface area (Å²) in [6.07, 6.45) is 10.6. The Labute approximate surface area is 163 Å². The Bertz CT molecular complexity index is 864. The van der Waals surface area contributed by atoms with Crippen molar-refractivity contribution in [3.05, 3.63) is 82.5 Å². The number of carbonyl (C=O) groups is 1. The first-order valence-corrected chi connectivity index (χ1v) is 10.4. The van der Waals surface area contributed by atoms with Crippen molar-refractivity contribution in [2.75, 3.05) is 0 Å². The number of hydrogen-bond donors (Lipinski definition) is 0. The van der Waals surface area contributed by atoms with Crippen molar-refractivity contribution >= 4 is 5.78 Å². The molecule has 0 heterocycles. The highest BCUT2D eigenvalue weighted by Crippen LogP contribution is 2.42. The van der Waals surface area contributed by atoms with Crippen molar-refractivity contribution in [2.45, 2.75) is 58.3 Å². The van der Waals surface area contributed by atoms with Gasteiger partial charge in [-0.05, 0) is 86.5 Å². The Morgan fingerprint density at radius 2 is 1.93 bits per heavy atom. The van der Waals surface area contributed by atoms with Gasteiger partial charge in [-0.15, -0.1) is 0 Å². The highest BCUT2D eigenvalue weighted by molar-refractivity contribution is 6.05. The van der Waals surface area contributed by atoms with Crippen LogP contribution in [0.25, 0.3) is 0 Å². The molecule has 0 saturated heterocycles. The minimum Gasteiger partial charge on any atom is -0.294 e. The minimum absolute atomic E-state index is 0.0111. The van der Waals surface area contributed by atoms with Gasteiger partial charge in [-0.25, -0.2) is 0 Å². The summed E-state index contributed by atoms with van der Waals surface area (Å²) in [7, 11) is 0. The van der Waals surface area contributed by atoms with Crippen LogP contribution in [0.4, 0.5) is 0 Å². The number of aryl methyl sites for hydroxylation is 1. The largest absolute Gasteiger partial charge is 0.294 e. The molecule has 3 aliphatic rings. The molecule has 1 aromatic carbocycles. The van der Waals surface area contributed by atoms with E-state index in [1.807, 2.05) is 0 Å². The maximum Gasteiger partial charge on any atom is 0.166 e. The summed E-state index contributed by atoms with van der Waals surface area (Å²) in [6, 6.07) is 8.81. The van der Waals surface area contributed by atoms with E-state index in [1.54, 1.807) is 0 Å². The molecule has 2 unspecified atom stereocenters. The van der Waals surface area contributed by atoms with Gasteiger partial charge in [0.2, 0.25) is 0 Å². The average Bonchev–Trinajstić information content (AvgIpc) is 2.91. The Kier molecular flexibility index (Phi) is 5.04. The summed E-state index contributed by atoms with van der Waals surface area (Å²) in [5, 5.41) is 0. The second-order valence-electron chi connectivity index (χ2n) is 8.58. The zero-order chi connectivity index (χ0) is 19.0. The summed E-state index contributed by atoms with van der Waals surface area (Å²) >= 11 is 0. The van der Waals surface area contributed by atoms with Crippen LogP contribution in [0.15, 0.2) is 71.4 Å². The summed E-state index contributed by atoms with van der Waals surface area (Å²) in [5.41, 5.74) is 8.99. The Morgan fingerprint density at radius 1 is 1.15 bits per heavy atom. The van der Waals surface area contributed by atoms with Gasteiger partial charge < -0.3 is 0 Å². The monoisotopic (exact) mass is 358 g/mol. The lowest BCUT2D eigenvalue weighted by atomic mass is 9.79. The van der Waals surface area contributed by atoms with E-state index in [9.17, 15) is 4.79 Å². The number of ketones is 1. The van der Waals surface area contributed by atoms with Crippen LogP contribution in [0.1, 0.15) is 56.6 Å². The summed E-state index contributed by atoms with van der Waals surface area (Å²) in [6.45, 7) is 10.8. The number of allylic oxidation sites excluding steroid dienone is 6. The molecule has 1 nitrogen and oxygen atoms in total. The number of fused-ring (bicyclic) bond motifs is 1. The zero-order valence-corrected chi connectivity index (χ0v) is 16.5. The molecule has 1 heteroatoms. The average molecular weight is 359 g/mol. The number of benzene rings is 1. The molecular weight excluding hydrogens is 328 g/mol. The van der Waals surface area contributed by atoms with Gasteiger partial charge in [-0.3, -0.25) is 4.79 Å². The van der Waals surface area contributed by atoms with Crippen LogP contribution >= 0.6 is 0 Å². The van der Waals surface area contributed by atoms with Crippen LogP contribution in [0.3, 0.4) is 0 Å². The summed E-state index contributed by atoms with van der Waals surface area (Å²) in [4.78, 5) is 12.8. The Hall–Kier alpha value is -2.15. The van der Waals surface area contributed by atoms with Crippen LogP contribution in [0, 0.1) is 11.8 Å². The predicted molar refractivity (Wildman–Crippen MR) is 113 cm³/mol. The van der Waals surface area contributed by atoms with Crippen molar-refractivity contribution in [3.8, 4) is 0 Å². The first kappa shape index (κ1) is 18.2. The third-order valence-corrected chi connectivity index (χ3v) is 6.78. The smallest absolute Gasteiger partial charge is 0.166 e. The predicted octanol–water partition coefficient (Wildman–Crippen LogP) is 6.31. The maximum atomic E-state index is 12.8. The lowest BCUT2D eigenvalue weighted by molar-refractivity contribution is -0.117. The van der Waals surface area contributed by atoms with Crippen LogP contribution in [0.5, 0.6) is 0 Å². The van der Waals surface area contributed by atoms with Crippen LogP contribution in [-0.2, 0) is 17.6 Å². The lowest BCUT2D eigenvalue weighted by Crippen LogP contribution is -2.16. The van der Waals surface area contributed by atoms with Gasteiger partial charge in [0.15, 0.2) is 5.78 Å². The van der Waals surface area contributed by atoms with Gasteiger partial charge in [-0.2, -0.15) is 0 Å². The third-order valence-electron chi connectivity index (χ3n) is 6.78. The topological polar surface area (TPSA) is 17.1 Å². The van der Waals surface area contributed by atoms with E-state index < -0.39 is 0 Å². The molecule has 3 aliphatic carbocycles. The number of rotatable bonds is 5. The molecule has 0 saturated carbocycles. The quantitative estimate of drug-likeness (QED) is 0.564. The molecule has 140 valence electrons.